The van der Waals surface area contributed by atoms with Crippen molar-refractivity contribution >= 4 is 0 Å². The summed E-state index contributed by atoms with van der Waals surface area (Å²) in [6.45, 7) is 2.17. The third-order valence-electron chi connectivity index (χ3n) is 1.74. The molecule has 0 aliphatic heterocycles. The molecule has 0 atom stereocenters. The summed E-state index contributed by atoms with van der Waals surface area (Å²) in [5.74, 6) is 0.102. The van der Waals surface area contributed by atoms with Gasteiger partial charge in [-0.15, -0.1) is 5.75 Å². The first-order valence-corrected chi connectivity index (χ1v) is 4.09. The van der Waals surface area contributed by atoms with E-state index in [1.807, 2.05) is 12.1 Å². The van der Waals surface area contributed by atoms with Gasteiger partial charge in [0.05, 0.1) is 0 Å². The predicted octanol–water partition coefficient (Wildman–Crippen LogP) is -0.893. The molecule has 2 heteroatoms. The Hall–Kier alpha value is 0.656. The maximum absolute atomic E-state index is 10.7. The molecule has 1 aromatic rings. The molecular formula is C10H13KO. The smallest absolute Gasteiger partial charge is 0.872 e. The van der Waals surface area contributed by atoms with Crippen LogP contribution >= 0.6 is 0 Å². The molecule has 0 N–H and O–H groups in total. The third kappa shape index (κ3) is 4.63. The Morgan fingerprint density at radius 3 is 2.25 bits per heavy atom. The molecule has 0 saturated heterocycles. The Bertz CT molecular complexity index is 206. The van der Waals surface area contributed by atoms with E-state index in [1.165, 1.54) is 18.4 Å². The monoisotopic (exact) mass is 188 g/mol. The van der Waals surface area contributed by atoms with Crippen molar-refractivity contribution in [1.82, 2.24) is 0 Å². The molecule has 1 nitrogen and oxygen atoms in total. The van der Waals surface area contributed by atoms with E-state index < -0.39 is 0 Å². The quantitative estimate of drug-likeness (QED) is 0.564. The zero-order chi connectivity index (χ0) is 8.10. The zero-order valence-electron chi connectivity index (χ0n) is 7.84. The summed E-state index contributed by atoms with van der Waals surface area (Å²) in [5, 5.41) is 10.7. The van der Waals surface area contributed by atoms with Gasteiger partial charge in [-0.05, 0) is 18.4 Å². The van der Waals surface area contributed by atoms with Crippen molar-refractivity contribution in [3.05, 3.63) is 29.8 Å². The third-order valence-corrected chi connectivity index (χ3v) is 1.74. The topological polar surface area (TPSA) is 23.1 Å². The SMILES string of the molecule is CCCCc1ccc([O-])cc1.[K+]. The number of unbranched alkanes of at least 4 members (excludes halogenated alkanes) is 1. The van der Waals surface area contributed by atoms with Crippen molar-refractivity contribution in [2.24, 2.45) is 0 Å². The van der Waals surface area contributed by atoms with Crippen LogP contribution in [0.3, 0.4) is 0 Å². The number of hydrogen-bond acceptors (Lipinski definition) is 1. The Kier molecular flexibility index (Phi) is 7.49. The molecule has 0 bridgehead atoms. The second kappa shape index (κ2) is 7.10. The van der Waals surface area contributed by atoms with Crippen LogP contribution in [0.25, 0.3) is 0 Å². The van der Waals surface area contributed by atoms with E-state index in [2.05, 4.69) is 6.92 Å². The van der Waals surface area contributed by atoms with Crippen LogP contribution in [-0.4, -0.2) is 0 Å². The average molecular weight is 188 g/mol. The van der Waals surface area contributed by atoms with Crippen LogP contribution in [0.1, 0.15) is 25.3 Å². The van der Waals surface area contributed by atoms with E-state index in [4.69, 9.17) is 0 Å². The standard InChI is InChI=1S/C10H14O.K/c1-2-3-4-9-5-7-10(11)8-6-9;/h5-8,11H,2-4H2,1H3;/q;+1/p-1. The molecule has 0 unspecified atom stereocenters. The molecule has 60 valence electrons. The number of rotatable bonds is 3. The summed E-state index contributed by atoms with van der Waals surface area (Å²) >= 11 is 0. The van der Waals surface area contributed by atoms with E-state index in [-0.39, 0.29) is 57.1 Å². The van der Waals surface area contributed by atoms with Crippen LogP contribution in [0, 0.1) is 0 Å². The summed E-state index contributed by atoms with van der Waals surface area (Å²) in [6.07, 6.45) is 3.51. The van der Waals surface area contributed by atoms with Gasteiger partial charge in [0, 0.05) is 0 Å². The molecule has 12 heavy (non-hydrogen) atoms. The van der Waals surface area contributed by atoms with E-state index in [0.29, 0.717) is 0 Å². The largest absolute Gasteiger partial charge is 1.00 e. The molecular weight excluding hydrogens is 175 g/mol. The van der Waals surface area contributed by atoms with Gasteiger partial charge in [0.15, 0.2) is 0 Å². The summed E-state index contributed by atoms with van der Waals surface area (Å²) in [7, 11) is 0. The fourth-order valence-corrected chi connectivity index (χ4v) is 1.04. The Labute approximate surface area is 117 Å². The van der Waals surface area contributed by atoms with Crippen molar-refractivity contribution in [1.29, 1.82) is 0 Å². The van der Waals surface area contributed by atoms with Gasteiger partial charge in [-0.2, -0.15) is 0 Å². The van der Waals surface area contributed by atoms with Crippen LogP contribution in [0.15, 0.2) is 24.3 Å². The minimum Gasteiger partial charge on any atom is -0.872 e. The van der Waals surface area contributed by atoms with Crippen LogP contribution in [0.2, 0.25) is 0 Å². The van der Waals surface area contributed by atoms with Crippen molar-refractivity contribution in [3.8, 4) is 5.75 Å². The zero-order valence-corrected chi connectivity index (χ0v) is 11.0. The van der Waals surface area contributed by atoms with E-state index in [1.54, 1.807) is 12.1 Å². The molecule has 1 aromatic carbocycles. The first-order valence-electron chi connectivity index (χ1n) is 4.09. The number of benzene rings is 1. The van der Waals surface area contributed by atoms with Gasteiger partial charge >= 0.3 is 51.4 Å². The van der Waals surface area contributed by atoms with E-state index in [9.17, 15) is 5.11 Å². The molecule has 0 saturated carbocycles. The number of aryl methyl sites for hydroxylation is 1. The van der Waals surface area contributed by atoms with E-state index >= 15 is 0 Å². The summed E-state index contributed by atoms with van der Waals surface area (Å²) in [5.41, 5.74) is 1.27. The Morgan fingerprint density at radius 2 is 1.75 bits per heavy atom. The first-order chi connectivity index (χ1) is 5.33. The molecule has 0 radical (unpaired) electrons. The normalized spacial score (nSPS) is 9.08. The van der Waals surface area contributed by atoms with Crippen LogP contribution in [-0.2, 0) is 6.42 Å². The maximum Gasteiger partial charge on any atom is 1.00 e. The number of hydrogen-bond donors (Lipinski definition) is 0. The van der Waals surface area contributed by atoms with Crippen LogP contribution in [0.4, 0.5) is 0 Å². The molecule has 0 heterocycles. The van der Waals surface area contributed by atoms with Gasteiger partial charge < -0.3 is 5.11 Å². The van der Waals surface area contributed by atoms with Crippen molar-refractivity contribution in [2.45, 2.75) is 26.2 Å². The van der Waals surface area contributed by atoms with Crippen molar-refractivity contribution in [2.75, 3.05) is 0 Å². The molecule has 0 spiro atoms. The van der Waals surface area contributed by atoms with Gasteiger partial charge in [0.1, 0.15) is 0 Å². The van der Waals surface area contributed by atoms with Crippen LogP contribution < -0.4 is 56.5 Å². The van der Waals surface area contributed by atoms with Gasteiger partial charge in [0.25, 0.3) is 0 Å². The molecule has 0 amide bonds. The predicted molar refractivity (Wildman–Crippen MR) is 44.5 cm³/mol. The van der Waals surface area contributed by atoms with Gasteiger partial charge in [0.2, 0.25) is 0 Å². The summed E-state index contributed by atoms with van der Waals surface area (Å²) in [4.78, 5) is 0. The molecule has 0 aromatic heterocycles. The minimum atomic E-state index is 0. The van der Waals surface area contributed by atoms with E-state index in [0.717, 1.165) is 6.42 Å². The minimum absolute atomic E-state index is 0. The Balaban J connectivity index is 0.00000121. The van der Waals surface area contributed by atoms with Gasteiger partial charge in [-0.1, -0.05) is 37.6 Å². The molecule has 0 aliphatic carbocycles. The molecule has 0 aliphatic rings. The fraction of sp³-hybridized carbons (Fsp3) is 0.400. The second-order valence-electron chi connectivity index (χ2n) is 2.75. The Morgan fingerprint density at radius 1 is 1.17 bits per heavy atom. The average Bonchev–Trinajstić information content (AvgIpc) is 2.04. The van der Waals surface area contributed by atoms with Crippen molar-refractivity contribution in [3.63, 3.8) is 0 Å². The summed E-state index contributed by atoms with van der Waals surface area (Å²) in [6, 6.07) is 7.09. The fourth-order valence-electron chi connectivity index (χ4n) is 1.04. The maximum atomic E-state index is 10.7. The van der Waals surface area contributed by atoms with Gasteiger partial charge in [-0.25, -0.2) is 0 Å². The van der Waals surface area contributed by atoms with Gasteiger partial charge in [-0.3, -0.25) is 0 Å². The van der Waals surface area contributed by atoms with Crippen molar-refractivity contribution < 1.29 is 56.5 Å². The first kappa shape index (κ1) is 12.7. The molecule has 1 rings (SSSR count). The molecule has 0 fully saturated rings. The summed E-state index contributed by atoms with van der Waals surface area (Å²) < 4.78 is 0. The van der Waals surface area contributed by atoms with Crippen LogP contribution in [0.5, 0.6) is 5.75 Å². The second-order valence-corrected chi connectivity index (χ2v) is 2.75.